The summed E-state index contributed by atoms with van der Waals surface area (Å²) in [6.45, 7) is 5.87. The van der Waals surface area contributed by atoms with Crippen LogP contribution >= 0.6 is 0 Å². The third-order valence-electron chi connectivity index (χ3n) is 5.65. The van der Waals surface area contributed by atoms with E-state index in [0.717, 1.165) is 19.3 Å². The number of hydrogen-bond donors (Lipinski definition) is 0. The summed E-state index contributed by atoms with van der Waals surface area (Å²) in [4.78, 5) is 37.9. The van der Waals surface area contributed by atoms with Crippen molar-refractivity contribution in [2.45, 2.75) is 91.4 Å². The molecule has 5 heteroatoms. The van der Waals surface area contributed by atoms with Gasteiger partial charge in [-0.1, -0.05) is 72.1 Å². The molecule has 1 rings (SSSR count). The summed E-state index contributed by atoms with van der Waals surface area (Å²) < 4.78 is 10.2. The molecule has 0 radical (unpaired) electrons. The van der Waals surface area contributed by atoms with Crippen molar-refractivity contribution in [3.8, 4) is 0 Å². The molecule has 0 N–H and O–H groups in total. The summed E-state index contributed by atoms with van der Waals surface area (Å²) in [6.07, 6.45) is 11.1. The van der Waals surface area contributed by atoms with Gasteiger partial charge < -0.3 is 9.47 Å². The molecule has 0 aliphatic heterocycles. The van der Waals surface area contributed by atoms with Crippen LogP contribution in [0.3, 0.4) is 0 Å². The van der Waals surface area contributed by atoms with E-state index in [1.165, 1.54) is 52.7 Å². The fourth-order valence-corrected chi connectivity index (χ4v) is 3.97. The molecule has 0 amide bonds. The molecule has 0 aromatic carbocycles. The Hall–Kier alpha value is -1.65. The SMILES string of the molecule is CCCCCCCCCCCC(=O)C1=C(OC)CC(C)(C)C(C(=O)OC)C1=O. The van der Waals surface area contributed by atoms with Crippen molar-refractivity contribution in [1.82, 2.24) is 0 Å². The van der Waals surface area contributed by atoms with Gasteiger partial charge in [0.2, 0.25) is 0 Å². The highest BCUT2D eigenvalue weighted by atomic mass is 16.5. The average Bonchev–Trinajstić information content (AvgIpc) is 2.65. The largest absolute Gasteiger partial charge is 0.500 e. The zero-order valence-electron chi connectivity index (χ0n) is 18.4. The maximum absolute atomic E-state index is 13.0. The summed E-state index contributed by atoms with van der Waals surface area (Å²) in [5.74, 6) is -1.82. The number of carbonyl (C=O) groups is 3. The van der Waals surface area contributed by atoms with E-state index in [-0.39, 0.29) is 11.4 Å². The second kappa shape index (κ2) is 12.0. The molecule has 1 unspecified atom stereocenters. The average molecular weight is 395 g/mol. The molecule has 1 aliphatic carbocycles. The van der Waals surface area contributed by atoms with Gasteiger partial charge in [-0.15, -0.1) is 0 Å². The topological polar surface area (TPSA) is 69.7 Å². The molecule has 1 aliphatic rings. The Morgan fingerprint density at radius 2 is 1.50 bits per heavy atom. The lowest BCUT2D eigenvalue weighted by atomic mass is 9.67. The van der Waals surface area contributed by atoms with Crippen LogP contribution in [-0.4, -0.2) is 31.8 Å². The lowest BCUT2D eigenvalue weighted by Crippen LogP contribution is -2.44. The fourth-order valence-electron chi connectivity index (χ4n) is 3.97. The third-order valence-corrected chi connectivity index (χ3v) is 5.65. The Bertz CT molecular complexity index is 574. The molecule has 0 bridgehead atoms. The van der Waals surface area contributed by atoms with Gasteiger partial charge in [-0.2, -0.15) is 0 Å². The number of carbonyl (C=O) groups excluding carboxylic acids is 3. The fraction of sp³-hybridized carbons (Fsp3) is 0.783. The standard InChI is InChI=1S/C23H38O5/c1-6-7-8-9-10-11-12-13-14-15-17(24)19-18(27-4)16-23(2,3)20(21(19)25)22(26)28-5/h20H,6-16H2,1-5H3. The van der Waals surface area contributed by atoms with E-state index in [1.807, 2.05) is 13.8 Å². The van der Waals surface area contributed by atoms with Gasteiger partial charge in [0, 0.05) is 12.8 Å². The van der Waals surface area contributed by atoms with Crippen molar-refractivity contribution in [3.05, 3.63) is 11.3 Å². The summed E-state index contributed by atoms with van der Waals surface area (Å²) >= 11 is 0. The monoisotopic (exact) mass is 394 g/mol. The number of ketones is 2. The Labute approximate surface area is 170 Å². The first-order valence-electron chi connectivity index (χ1n) is 10.7. The van der Waals surface area contributed by atoms with Gasteiger partial charge in [0.05, 0.1) is 19.8 Å². The predicted octanol–water partition coefficient (Wildman–Crippen LogP) is 5.17. The number of Topliss-reactive ketones (excluding diaryl/α,β-unsaturated/α-hetero) is 2. The van der Waals surface area contributed by atoms with Crippen LogP contribution in [0.1, 0.15) is 91.4 Å². The Morgan fingerprint density at radius 3 is 2.00 bits per heavy atom. The van der Waals surface area contributed by atoms with E-state index >= 15 is 0 Å². The van der Waals surface area contributed by atoms with Crippen LogP contribution in [-0.2, 0) is 23.9 Å². The number of allylic oxidation sites excluding steroid dienone is 2. The van der Waals surface area contributed by atoms with Gasteiger partial charge in [0.1, 0.15) is 11.7 Å². The van der Waals surface area contributed by atoms with Gasteiger partial charge in [0.25, 0.3) is 0 Å². The number of hydrogen-bond acceptors (Lipinski definition) is 5. The smallest absolute Gasteiger partial charge is 0.317 e. The lowest BCUT2D eigenvalue weighted by molar-refractivity contribution is -0.154. The molecular weight excluding hydrogens is 356 g/mol. The number of rotatable bonds is 13. The summed E-state index contributed by atoms with van der Waals surface area (Å²) in [6, 6.07) is 0. The molecule has 0 aromatic rings. The van der Waals surface area contributed by atoms with Crippen LogP contribution in [0.25, 0.3) is 0 Å². The van der Waals surface area contributed by atoms with Crippen LogP contribution in [0.5, 0.6) is 0 Å². The van der Waals surface area contributed by atoms with Gasteiger partial charge in [-0.05, 0) is 11.8 Å². The number of ether oxygens (including phenoxy) is 2. The van der Waals surface area contributed by atoms with E-state index in [9.17, 15) is 14.4 Å². The van der Waals surface area contributed by atoms with Crippen LogP contribution < -0.4 is 0 Å². The van der Waals surface area contributed by atoms with E-state index in [2.05, 4.69) is 6.92 Å². The van der Waals surface area contributed by atoms with Crippen molar-refractivity contribution in [1.29, 1.82) is 0 Å². The second-order valence-electron chi connectivity index (χ2n) is 8.49. The third kappa shape index (κ3) is 6.75. The van der Waals surface area contributed by atoms with E-state index in [0.29, 0.717) is 18.6 Å². The van der Waals surface area contributed by atoms with Crippen molar-refractivity contribution in [2.24, 2.45) is 11.3 Å². The highest BCUT2D eigenvalue weighted by Gasteiger charge is 2.49. The molecule has 0 saturated heterocycles. The maximum atomic E-state index is 13.0. The molecule has 0 heterocycles. The quantitative estimate of drug-likeness (QED) is 0.187. The van der Waals surface area contributed by atoms with Crippen molar-refractivity contribution in [2.75, 3.05) is 14.2 Å². The first-order chi connectivity index (χ1) is 13.3. The van der Waals surface area contributed by atoms with Crippen molar-refractivity contribution < 1.29 is 23.9 Å². The van der Waals surface area contributed by atoms with Crippen molar-refractivity contribution in [3.63, 3.8) is 0 Å². The lowest BCUT2D eigenvalue weighted by Gasteiger charge is -2.36. The minimum atomic E-state index is -0.960. The minimum Gasteiger partial charge on any atom is -0.500 e. The summed E-state index contributed by atoms with van der Waals surface area (Å²) in [5, 5.41) is 0. The molecule has 0 saturated carbocycles. The minimum absolute atomic E-state index is 0.0665. The van der Waals surface area contributed by atoms with Crippen molar-refractivity contribution >= 4 is 17.5 Å². The maximum Gasteiger partial charge on any atom is 0.317 e. The van der Waals surface area contributed by atoms with Crippen LogP contribution in [0.2, 0.25) is 0 Å². The van der Waals surface area contributed by atoms with E-state index < -0.39 is 23.1 Å². The molecular formula is C23H38O5. The molecule has 0 spiro atoms. The second-order valence-corrected chi connectivity index (χ2v) is 8.49. The van der Waals surface area contributed by atoms with Crippen LogP contribution in [0, 0.1) is 11.3 Å². The number of methoxy groups -OCH3 is 2. The molecule has 5 nitrogen and oxygen atoms in total. The highest BCUT2D eigenvalue weighted by Crippen LogP contribution is 2.42. The Morgan fingerprint density at radius 1 is 0.964 bits per heavy atom. The zero-order valence-corrected chi connectivity index (χ0v) is 18.4. The molecule has 28 heavy (non-hydrogen) atoms. The van der Waals surface area contributed by atoms with Gasteiger partial charge in [0.15, 0.2) is 11.6 Å². The normalized spacial score (nSPS) is 18.9. The molecule has 0 fully saturated rings. The summed E-state index contributed by atoms with van der Waals surface area (Å²) in [7, 11) is 2.74. The van der Waals surface area contributed by atoms with Gasteiger partial charge in [-0.3, -0.25) is 14.4 Å². The first kappa shape index (κ1) is 24.4. The van der Waals surface area contributed by atoms with Crippen LogP contribution in [0.15, 0.2) is 11.3 Å². The first-order valence-corrected chi connectivity index (χ1v) is 10.7. The zero-order chi connectivity index (χ0) is 21.2. The predicted molar refractivity (Wildman–Crippen MR) is 110 cm³/mol. The van der Waals surface area contributed by atoms with Crippen LogP contribution in [0.4, 0.5) is 0 Å². The number of esters is 1. The van der Waals surface area contributed by atoms with E-state index in [1.54, 1.807) is 0 Å². The Kier molecular flexibility index (Phi) is 10.5. The van der Waals surface area contributed by atoms with Gasteiger partial charge in [-0.25, -0.2) is 0 Å². The molecule has 0 aromatic heterocycles. The summed E-state index contributed by atoms with van der Waals surface area (Å²) in [5.41, 5.74) is -0.575. The molecule has 1 atom stereocenters. The van der Waals surface area contributed by atoms with E-state index in [4.69, 9.17) is 9.47 Å². The highest BCUT2D eigenvalue weighted by molar-refractivity contribution is 6.25. The Balaban J connectivity index is 2.61. The van der Waals surface area contributed by atoms with Gasteiger partial charge >= 0.3 is 5.97 Å². The molecule has 160 valence electrons. The number of unbranched alkanes of at least 4 members (excludes halogenated alkanes) is 8.